The van der Waals surface area contributed by atoms with E-state index in [9.17, 15) is 4.79 Å². The lowest BCUT2D eigenvalue weighted by atomic mass is 9.94. The molecule has 5 heteroatoms. The third-order valence-electron chi connectivity index (χ3n) is 3.93. The highest BCUT2D eigenvalue weighted by Crippen LogP contribution is 2.31. The molecule has 3 rings (SSSR count). The van der Waals surface area contributed by atoms with Gasteiger partial charge in [-0.2, -0.15) is 5.10 Å². The first-order chi connectivity index (χ1) is 10.1. The fraction of sp³-hybridized carbons (Fsp3) is 0.312. The summed E-state index contributed by atoms with van der Waals surface area (Å²) in [6, 6.07) is 9.34. The van der Waals surface area contributed by atoms with Crippen LogP contribution in [-0.2, 0) is 6.54 Å². The number of amides is 1. The number of fused-ring (bicyclic) bond motifs is 1. The van der Waals surface area contributed by atoms with E-state index >= 15 is 0 Å². The van der Waals surface area contributed by atoms with Crippen molar-refractivity contribution in [2.45, 2.75) is 26.3 Å². The van der Waals surface area contributed by atoms with Crippen molar-refractivity contribution in [3.63, 3.8) is 0 Å². The van der Waals surface area contributed by atoms with Crippen molar-refractivity contribution in [2.24, 2.45) is 0 Å². The van der Waals surface area contributed by atoms with Gasteiger partial charge in [0.1, 0.15) is 0 Å². The number of hydrogen-bond donors (Lipinski definition) is 0. The maximum atomic E-state index is 12.6. The van der Waals surface area contributed by atoms with Crippen LogP contribution < -0.4 is 0 Å². The van der Waals surface area contributed by atoms with E-state index in [0.717, 1.165) is 16.8 Å². The van der Waals surface area contributed by atoms with Crippen LogP contribution in [0.3, 0.4) is 0 Å². The maximum absolute atomic E-state index is 12.6. The maximum Gasteiger partial charge on any atom is 0.254 e. The molecule has 1 aliphatic rings. The van der Waals surface area contributed by atoms with Gasteiger partial charge in [-0.05, 0) is 24.6 Å². The van der Waals surface area contributed by atoms with Crippen LogP contribution in [0, 0.1) is 6.92 Å². The first-order valence-corrected chi connectivity index (χ1v) is 7.31. The molecule has 1 atom stereocenters. The monoisotopic (exact) mass is 301 g/mol. The Bertz CT molecular complexity index is 687. The molecule has 1 aromatic carbocycles. The third kappa shape index (κ3) is 2.51. The van der Waals surface area contributed by atoms with E-state index in [2.05, 4.69) is 17.1 Å². The molecule has 1 aromatic heterocycles. The molecule has 0 saturated carbocycles. The Hall–Kier alpha value is -1.94. The smallest absolute Gasteiger partial charge is 0.254 e. The molecule has 0 fully saturated rings. The summed E-state index contributed by atoms with van der Waals surface area (Å²) in [5, 5.41) is 8.60. The zero-order valence-corrected chi connectivity index (χ0v) is 12.8. The summed E-state index contributed by atoms with van der Waals surface area (Å²) in [6.07, 6.45) is 0. The molecule has 0 aliphatic carbocycles. The second-order valence-electron chi connectivity index (χ2n) is 5.43. The molecule has 21 heavy (non-hydrogen) atoms. The van der Waals surface area contributed by atoms with E-state index in [0.29, 0.717) is 23.8 Å². The minimum Gasteiger partial charge on any atom is -0.334 e. The number of nitrogens with zero attached hydrogens (tertiary/aromatic N) is 3. The van der Waals surface area contributed by atoms with Crippen LogP contribution in [-0.4, -0.2) is 27.5 Å². The van der Waals surface area contributed by atoms with Crippen LogP contribution in [0.1, 0.15) is 40.0 Å². The molecule has 4 nitrogen and oxygen atoms in total. The zero-order valence-electron chi connectivity index (χ0n) is 12.0. The van der Waals surface area contributed by atoms with E-state index < -0.39 is 0 Å². The van der Waals surface area contributed by atoms with Gasteiger partial charge in [0.2, 0.25) is 0 Å². The summed E-state index contributed by atoms with van der Waals surface area (Å²) in [6.45, 7) is 5.18. The fourth-order valence-corrected chi connectivity index (χ4v) is 2.89. The number of hydrogen-bond acceptors (Lipinski definition) is 3. The number of halogens is 1. The van der Waals surface area contributed by atoms with Gasteiger partial charge >= 0.3 is 0 Å². The summed E-state index contributed by atoms with van der Waals surface area (Å²) in [5.74, 6) is 0.199. The van der Waals surface area contributed by atoms with Crippen LogP contribution in [0.4, 0.5) is 0 Å². The van der Waals surface area contributed by atoms with Crippen LogP contribution in [0.15, 0.2) is 30.3 Å². The van der Waals surface area contributed by atoms with Crippen molar-refractivity contribution < 1.29 is 4.79 Å². The SMILES string of the molecule is Cc1c(Cl)nnc2c1CN(C(=O)c1ccccc1)CC2C. The van der Waals surface area contributed by atoms with Crippen molar-refractivity contribution in [3.8, 4) is 0 Å². The van der Waals surface area contributed by atoms with Crippen LogP contribution in [0.5, 0.6) is 0 Å². The van der Waals surface area contributed by atoms with E-state index in [1.165, 1.54) is 0 Å². The van der Waals surface area contributed by atoms with Gasteiger partial charge in [-0.25, -0.2) is 0 Å². The van der Waals surface area contributed by atoms with Crippen molar-refractivity contribution in [1.29, 1.82) is 0 Å². The minimum atomic E-state index is 0.0421. The van der Waals surface area contributed by atoms with Crippen molar-refractivity contribution in [1.82, 2.24) is 15.1 Å². The standard InChI is InChI=1S/C16H16ClN3O/c1-10-8-20(16(21)12-6-4-3-5-7-12)9-13-11(2)15(17)19-18-14(10)13/h3-7,10H,8-9H2,1-2H3. The first-order valence-electron chi connectivity index (χ1n) is 6.93. The first kappa shape index (κ1) is 14.0. The molecule has 108 valence electrons. The summed E-state index contributed by atoms with van der Waals surface area (Å²) in [7, 11) is 0. The van der Waals surface area contributed by atoms with Gasteiger partial charge in [0, 0.05) is 30.1 Å². The van der Waals surface area contributed by atoms with E-state index in [1.807, 2.05) is 42.2 Å². The highest BCUT2D eigenvalue weighted by atomic mass is 35.5. The highest BCUT2D eigenvalue weighted by molar-refractivity contribution is 6.30. The average molecular weight is 302 g/mol. The van der Waals surface area contributed by atoms with Crippen molar-refractivity contribution >= 4 is 17.5 Å². The molecule has 2 aromatic rings. The lowest BCUT2D eigenvalue weighted by Crippen LogP contribution is -2.38. The molecule has 2 heterocycles. The van der Waals surface area contributed by atoms with Gasteiger partial charge in [0.05, 0.1) is 5.69 Å². The molecule has 1 amide bonds. The Morgan fingerprint density at radius 3 is 2.71 bits per heavy atom. The summed E-state index contributed by atoms with van der Waals surface area (Å²) >= 11 is 6.06. The summed E-state index contributed by atoms with van der Waals surface area (Å²) < 4.78 is 0. The number of carbonyl (C=O) groups is 1. The van der Waals surface area contributed by atoms with Gasteiger partial charge in [-0.1, -0.05) is 36.7 Å². The quantitative estimate of drug-likeness (QED) is 0.812. The fourth-order valence-electron chi connectivity index (χ4n) is 2.74. The number of carbonyl (C=O) groups excluding carboxylic acids is 1. The van der Waals surface area contributed by atoms with Gasteiger partial charge < -0.3 is 4.90 Å². The van der Waals surface area contributed by atoms with Crippen LogP contribution in [0.25, 0.3) is 0 Å². The van der Waals surface area contributed by atoms with Crippen LogP contribution in [0.2, 0.25) is 5.15 Å². The molecular formula is C16H16ClN3O. The molecule has 1 aliphatic heterocycles. The molecule has 0 radical (unpaired) electrons. The Balaban J connectivity index is 1.95. The van der Waals surface area contributed by atoms with Crippen LogP contribution >= 0.6 is 11.6 Å². The van der Waals surface area contributed by atoms with Gasteiger partial charge in [-0.15, -0.1) is 5.10 Å². The minimum absolute atomic E-state index is 0.0421. The van der Waals surface area contributed by atoms with E-state index in [1.54, 1.807) is 0 Å². The second-order valence-corrected chi connectivity index (χ2v) is 5.79. The zero-order chi connectivity index (χ0) is 15.0. The average Bonchev–Trinajstić information content (AvgIpc) is 2.51. The largest absolute Gasteiger partial charge is 0.334 e. The molecule has 0 N–H and O–H groups in total. The normalized spacial score (nSPS) is 17.5. The molecule has 0 bridgehead atoms. The lowest BCUT2D eigenvalue weighted by molar-refractivity contribution is 0.0718. The Labute approximate surface area is 128 Å². The topological polar surface area (TPSA) is 46.1 Å². The van der Waals surface area contributed by atoms with Crippen molar-refractivity contribution in [2.75, 3.05) is 6.54 Å². The third-order valence-corrected chi connectivity index (χ3v) is 4.29. The van der Waals surface area contributed by atoms with E-state index in [-0.39, 0.29) is 11.8 Å². The number of rotatable bonds is 1. The Kier molecular flexibility index (Phi) is 3.64. The number of benzene rings is 1. The predicted octanol–water partition coefficient (Wildman–Crippen LogP) is 3.20. The predicted molar refractivity (Wildman–Crippen MR) is 81.4 cm³/mol. The second kappa shape index (κ2) is 5.45. The van der Waals surface area contributed by atoms with Gasteiger partial charge in [-0.3, -0.25) is 4.79 Å². The van der Waals surface area contributed by atoms with E-state index in [4.69, 9.17) is 11.6 Å². The Morgan fingerprint density at radius 2 is 2.00 bits per heavy atom. The van der Waals surface area contributed by atoms with Crippen molar-refractivity contribution in [3.05, 3.63) is 57.9 Å². The van der Waals surface area contributed by atoms with Gasteiger partial charge in [0.25, 0.3) is 5.91 Å². The highest BCUT2D eigenvalue weighted by Gasteiger charge is 2.29. The van der Waals surface area contributed by atoms with Gasteiger partial charge in [0.15, 0.2) is 5.15 Å². The Morgan fingerprint density at radius 1 is 1.29 bits per heavy atom. The molecule has 0 saturated heterocycles. The lowest BCUT2D eigenvalue weighted by Gasteiger charge is -2.33. The molecule has 0 spiro atoms. The number of aromatic nitrogens is 2. The summed E-state index contributed by atoms with van der Waals surface area (Å²) in [4.78, 5) is 14.5. The molecule has 1 unspecified atom stereocenters. The molecular weight excluding hydrogens is 286 g/mol. The summed E-state index contributed by atoms with van der Waals surface area (Å²) in [5.41, 5.74) is 3.60.